The summed E-state index contributed by atoms with van der Waals surface area (Å²) in [5.41, 5.74) is 0. The second kappa shape index (κ2) is 7.92. The quantitative estimate of drug-likeness (QED) is 0.649. The molecule has 0 rings (SSSR count). The van der Waals surface area contributed by atoms with Gasteiger partial charge < -0.3 is 20.2 Å². The average molecular weight is 231 g/mol. The van der Waals surface area contributed by atoms with E-state index in [0.717, 1.165) is 13.1 Å². The lowest BCUT2D eigenvalue weighted by Gasteiger charge is -2.19. The highest BCUT2D eigenvalue weighted by Gasteiger charge is 2.09. The summed E-state index contributed by atoms with van der Waals surface area (Å²) in [5.74, 6) is -0.898. The summed E-state index contributed by atoms with van der Waals surface area (Å²) in [5, 5.41) is 11.2. The standard InChI is InChI=1S/C10H21N3O3/c1-4-12(2)8-6-11-10(16)13(3)7-5-9(14)15/h4-8H2,1-3H3,(H,11,16)(H,14,15). The molecule has 0 heterocycles. The van der Waals surface area contributed by atoms with E-state index in [0.29, 0.717) is 6.54 Å². The number of carbonyl (C=O) groups is 2. The lowest BCUT2D eigenvalue weighted by molar-refractivity contribution is -0.137. The van der Waals surface area contributed by atoms with E-state index in [1.165, 1.54) is 4.90 Å². The Balaban J connectivity index is 3.67. The number of hydrogen-bond acceptors (Lipinski definition) is 3. The van der Waals surface area contributed by atoms with Crippen LogP contribution in [0.25, 0.3) is 0 Å². The molecule has 0 aromatic heterocycles. The van der Waals surface area contributed by atoms with Gasteiger partial charge in [-0.1, -0.05) is 6.92 Å². The maximum Gasteiger partial charge on any atom is 0.317 e. The van der Waals surface area contributed by atoms with E-state index >= 15 is 0 Å². The van der Waals surface area contributed by atoms with Gasteiger partial charge in [0, 0.05) is 26.7 Å². The summed E-state index contributed by atoms with van der Waals surface area (Å²) < 4.78 is 0. The molecule has 0 spiro atoms. The summed E-state index contributed by atoms with van der Waals surface area (Å²) in [6, 6.07) is -0.231. The Morgan fingerprint density at radius 2 is 1.88 bits per heavy atom. The van der Waals surface area contributed by atoms with E-state index in [2.05, 4.69) is 10.2 Å². The van der Waals surface area contributed by atoms with Crippen molar-refractivity contribution in [2.75, 3.05) is 40.3 Å². The van der Waals surface area contributed by atoms with Crippen LogP contribution in [0.4, 0.5) is 4.79 Å². The zero-order valence-corrected chi connectivity index (χ0v) is 10.2. The topological polar surface area (TPSA) is 72.9 Å². The van der Waals surface area contributed by atoms with Gasteiger partial charge in [-0.05, 0) is 13.6 Å². The molecule has 16 heavy (non-hydrogen) atoms. The van der Waals surface area contributed by atoms with Crippen LogP contribution in [-0.4, -0.2) is 67.2 Å². The summed E-state index contributed by atoms with van der Waals surface area (Å²) in [6.07, 6.45) is -0.0290. The van der Waals surface area contributed by atoms with Gasteiger partial charge in [0.1, 0.15) is 0 Å². The first-order valence-electron chi connectivity index (χ1n) is 5.36. The van der Waals surface area contributed by atoms with Gasteiger partial charge >= 0.3 is 12.0 Å². The van der Waals surface area contributed by atoms with E-state index < -0.39 is 5.97 Å². The number of carboxylic acids is 1. The second-order valence-corrected chi connectivity index (χ2v) is 3.69. The van der Waals surface area contributed by atoms with Crippen LogP contribution in [0.5, 0.6) is 0 Å². The number of rotatable bonds is 7. The molecule has 0 bridgehead atoms. The Morgan fingerprint density at radius 1 is 1.25 bits per heavy atom. The average Bonchev–Trinajstić information content (AvgIpc) is 2.25. The molecule has 0 aromatic rings. The smallest absolute Gasteiger partial charge is 0.317 e. The van der Waals surface area contributed by atoms with Crippen molar-refractivity contribution in [3.8, 4) is 0 Å². The monoisotopic (exact) mass is 231 g/mol. The molecular weight excluding hydrogens is 210 g/mol. The zero-order chi connectivity index (χ0) is 12.6. The maximum atomic E-state index is 11.4. The normalized spacial score (nSPS) is 10.2. The minimum atomic E-state index is -0.898. The molecule has 0 aliphatic carbocycles. The Morgan fingerprint density at radius 3 is 2.38 bits per heavy atom. The molecule has 0 fully saturated rings. The second-order valence-electron chi connectivity index (χ2n) is 3.69. The van der Waals surface area contributed by atoms with Crippen molar-refractivity contribution in [3.05, 3.63) is 0 Å². The van der Waals surface area contributed by atoms with Gasteiger partial charge in [-0.3, -0.25) is 4.79 Å². The predicted octanol–water partition coefficient (Wildman–Crippen LogP) is 0.0542. The SMILES string of the molecule is CCN(C)CCNC(=O)N(C)CCC(=O)O. The number of carbonyl (C=O) groups excluding carboxylic acids is 1. The summed E-state index contributed by atoms with van der Waals surface area (Å²) in [6.45, 7) is 4.56. The van der Waals surface area contributed by atoms with Crippen LogP contribution in [0.1, 0.15) is 13.3 Å². The first-order valence-corrected chi connectivity index (χ1v) is 5.36. The summed E-state index contributed by atoms with van der Waals surface area (Å²) in [4.78, 5) is 25.2. The van der Waals surface area contributed by atoms with Gasteiger partial charge in [0.25, 0.3) is 0 Å². The van der Waals surface area contributed by atoms with Crippen LogP contribution in [0, 0.1) is 0 Å². The van der Waals surface area contributed by atoms with Gasteiger partial charge in [-0.2, -0.15) is 0 Å². The van der Waals surface area contributed by atoms with Crippen molar-refractivity contribution in [1.29, 1.82) is 0 Å². The zero-order valence-electron chi connectivity index (χ0n) is 10.2. The highest BCUT2D eigenvalue weighted by Crippen LogP contribution is 1.88. The number of urea groups is 1. The molecule has 2 amide bonds. The molecule has 0 aliphatic rings. The van der Waals surface area contributed by atoms with Crippen LogP contribution in [0.3, 0.4) is 0 Å². The predicted molar refractivity (Wildman–Crippen MR) is 61.5 cm³/mol. The number of nitrogens with zero attached hydrogens (tertiary/aromatic N) is 2. The summed E-state index contributed by atoms with van der Waals surface area (Å²) in [7, 11) is 3.56. The first-order chi connectivity index (χ1) is 7.47. The van der Waals surface area contributed by atoms with Crippen molar-refractivity contribution in [3.63, 3.8) is 0 Å². The van der Waals surface area contributed by atoms with Crippen LogP contribution < -0.4 is 5.32 Å². The maximum absolute atomic E-state index is 11.4. The van der Waals surface area contributed by atoms with Gasteiger partial charge in [-0.15, -0.1) is 0 Å². The molecule has 0 atom stereocenters. The lowest BCUT2D eigenvalue weighted by atomic mass is 10.4. The third-order valence-corrected chi connectivity index (χ3v) is 2.32. The van der Waals surface area contributed by atoms with E-state index in [-0.39, 0.29) is 19.0 Å². The van der Waals surface area contributed by atoms with Crippen molar-refractivity contribution < 1.29 is 14.7 Å². The van der Waals surface area contributed by atoms with Crippen LogP contribution >= 0.6 is 0 Å². The summed E-state index contributed by atoms with van der Waals surface area (Å²) >= 11 is 0. The van der Waals surface area contributed by atoms with Gasteiger partial charge in [0.05, 0.1) is 6.42 Å². The molecular formula is C10H21N3O3. The fraction of sp³-hybridized carbons (Fsp3) is 0.800. The number of amides is 2. The molecule has 94 valence electrons. The fourth-order valence-electron chi connectivity index (χ4n) is 1.01. The Bertz CT molecular complexity index is 233. The molecule has 6 nitrogen and oxygen atoms in total. The number of hydrogen-bond donors (Lipinski definition) is 2. The van der Waals surface area contributed by atoms with Crippen LogP contribution in [0.15, 0.2) is 0 Å². The Hall–Kier alpha value is -1.30. The third-order valence-electron chi connectivity index (χ3n) is 2.32. The lowest BCUT2D eigenvalue weighted by Crippen LogP contribution is -2.41. The van der Waals surface area contributed by atoms with Gasteiger partial charge in [0.15, 0.2) is 0 Å². The molecule has 0 aromatic carbocycles. The minimum absolute atomic E-state index is 0.0290. The molecule has 0 saturated carbocycles. The molecule has 6 heteroatoms. The van der Waals surface area contributed by atoms with E-state index in [1.54, 1.807) is 7.05 Å². The molecule has 0 aliphatic heterocycles. The third kappa shape index (κ3) is 7.05. The molecule has 2 N–H and O–H groups in total. The minimum Gasteiger partial charge on any atom is -0.481 e. The van der Waals surface area contributed by atoms with Gasteiger partial charge in [0.2, 0.25) is 0 Å². The van der Waals surface area contributed by atoms with Gasteiger partial charge in [-0.25, -0.2) is 4.79 Å². The van der Waals surface area contributed by atoms with E-state index in [1.807, 2.05) is 14.0 Å². The number of carboxylic acid groups (broad SMARTS) is 1. The van der Waals surface area contributed by atoms with Crippen molar-refractivity contribution in [2.24, 2.45) is 0 Å². The van der Waals surface area contributed by atoms with E-state index in [4.69, 9.17) is 5.11 Å². The molecule has 0 radical (unpaired) electrons. The molecule has 0 saturated heterocycles. The number of aliphatic carboxylic acids is 1. The van der Waals surface area contributed by atoms with E-state index in [9.17, 15) is 9.59 Å². The van der Waals surface area contributed by atoms with Crippen molar-refractivity contribution in [2.45, 2.75) is 13.3 Å². The van der Waals surface area contributed by atoms with Crippen molar-refractivity contribution in [1.82, 2.24) is 15.1 Å². The fourth-order valence-corrected chi connectivity index (χ4v) is 1.01. The largest absolute Gasteiger partial charge is 0.481 e. The first kappa shape index (κ1) is 14.7. The number of likely N-dealkylation sites (N-methyl/N-ethyl adjacent to an activating group) is 1. The van der Waals surface area contributed by atoms with Crippen LogP contribution in [0.2, 0.25) is 0 Å². The van der Waals surface area contributed by atoms with Crippen LogP contribution in [-0.2, 0) is 4.79 Å². The van der Waals surface area contributed by atoms with Crippen molar-refractivity contribution >= 4 is 12.0 Å². The molecule has 0 unspecified atom stereocenters. The Kier molecular flexibility index (Phi) is 7.28. The highest BCUT2D eigenvalue weighted by molar-refractivity contribution is 5.74. The number of nitrogens with one attached hydrogen (secondary N) is 1. The highest BCUT2D eigenvalue weighted by atomic mass is 16.4. The Labute approximate surface area is 96.2 Å².